The van der Waals surface area contributed by atoms with Crippen LogP contribution in [0.25, 0.3) is 0 Å². The normalized spacial score (nSPS) is 11.1. The highest BCUT2D eigenvalue weighted by Gasteiger charge is 2.06. The summed E-state index contributed by atoms with van der Waals surface area (Å²) in [7, 11) is 0. The molecule has 1 aromatic heterocycles. The predicted molar refractivity (Wildman–Crippen MR) is 85.9 cm³/mol. The molecule has 2 rings (SSSR count). The van der Waals surface area contributed by atoms with Gasteiger partial charge in [0.15, 0.2) is 0 Å². The fourth-order valence-electron chi connectivity index (χ4n) is 2.34. The highest BCUT2D eigenvalue weighted by molar-refractivity contribution is 5.80. The van der Waals surface area contributed by atoms with Gasteiger partial charge in [-0.2, -0.15) is 0 Å². The Labute approximate surface area is 121 Å². The van der Waals surface area contributed by atoms with E-state index < -0.39 is 0 Å². The van der Waals surface area contributed by atoms with E-state index in [-0.39, 0.29) is 0 Å². The molecule has 0 N–H and O–H groups in total. The molecular weight excluding hydrogens is 244 g/mol. The van der Waals surface area contributed by atoms with Crippen molar-refractivity contribution in [2.75, 3.05) is 0 Å². The summed E-state index contributed by atoms with van der Waals surface area (Å²) in [6.45, 7) is 4.41. The lowest BCUT2D eigenvalue weighted by Crippen LogP contribution is -1.92. The summed E-state index contributed by atoms with van der Waals surface area (Å²) in [5, 5.41) is 0. The Morgan fingerprint density at radius 1 is 0.950 bits per heavy atom. The third-order valence-electron chi connectivity index (χ3n) is 3.26. The first-order valence-electron chi connectivity index (χ1n) is 7.41. The second-order valence-electron chi connectivity index (χ2n) is 4.94. The van der Waals surface area contributed by atoms with Gasteiger partial charge in [-0.15, -0.1) is 0 Å². The standard InChI is InChI=1S/C18H22N2/c1-3-8-15-10-7-11-16(9-4-2)18(15)20-14-17-12-5-6-13-19-17/h5-7,10-14H,3-4,8-9H2,1-2H3. The molecule has 104 valence electrons. The minimum atomic E-state index is 0.904. The van der Waals surface area contributed by atoms with E-state index in [9.17, 15) is 0 Å². The molecule has 0 saturated heterocycles. The lowest BCUT2D eigenvalue weighted by molar-refractivity contribution is 0.895. The minimum Gasteiger partial charge on any atom is -0.255 e. The number of aromatic nitrogens is 1. The maximum absolute atomic E-state index is 4.73. The van der Waals surface area contributed by atoms with E-state index in [1.165, 1.54) is 11.1 Å². The van der Waals surface area contributed by atoms with Gasteiger partial charge in [-0.3, -0.25) is 9.98 Å². The van der Waals surface area contributed by atoms with Crippen molar-refractivity contribution in [3.05, 3.63) is 59.4 Å². The van der Waals surface area contributed by atoms with E-state index in [2.05, 4.69) is 37.0 Å². The van der Waals surface area contributed by atoms with Crippen LogP contribution in [-0.4, -0.2) is 11.2 Å². The van der Waals surface area contributed by atoms with Crippen LogP contribution in [0.5, 0.6) is 0 Å². The number of aliphatic imine (C=N–C) groups is 1. The summed E-state index contributed by atoms with van der Waals surface area (Å²) in [6, 6.07) is 12.4. The Morgan fingerprint density at radius 2 is 1.65 bits per heavy atom. The predicted octanol–water partition coefficient (Wildman–Crippen LogP) is 4.74. The molecule has 2 heteroatoms. The van der Waals surface area contributed by atoms with Crippen molar-refractivity contribution in [2.45, 2.75) is 39.5 Å². The molecule has 0 amide bonds. The quantitative estimate of drug-likeness (QED) is 0.693. The largest absolute Gasteiger partial charge is 0.255 e. The third-order valence-corrected chi connectivity index (χ3v) is 3.26. The first-order chi connectivity index (χ1) is 9.85. The van der Waals surface area contributed by atoms with Crippen LogP contribution in [-0.2, 0) is 12.8 Å². The molecule has 0 aliphatic carbocycles. The molecule has 0 atom stereocenters. The van der Waals surface area contributed by atoms with Crippen molar-refractivity contribution >= 4 is 11.9 Å². The zero-order chi connectivity index (χ0) is 14.2. The SMILES string of the molecule is CCCc1cccc(CCC)c1N=Cc1ccccn1. The summed E-state index contributed by atoms with van der Waals surface area (Å²) >= 11 is 0. The molecule has 0 saturated carbocycles. The number of aryl methyl sites for hydroxylation is 2. The van der Waals surface area contributed by atoms with Crippen molar-refractivity contribution in [1.29, 1.82) is 0 Å². The summed E-state index contributed by atoms with van der Waals surface area (Å²) in [4.78, 5) is 9.02. The summed E-state index contributed by atoms with van der Waals surface area (Å²) < 4.78 is 0. The fourth-order valence-corrected chi connectivity index (χ4v) is 2.34. The van der Waals surface area contributed by atoms with Gasteiger partial charge in [-0.05, 0) is 36.1 Å². The first-order valence-corrected chi connectivity index (χ1v) is 7.41. The Balaban J connectivity index is 2.34. The molecule has 0 fully saturated rings. The van der Waals surface area contributed by atoms with E-state index >= 15 is 0 Å². The topological polar surface area (TPSA) is 25.2 Å². The zero-order valence-corrected chi connectivity index (χ0v) is 12.3. The summed E-state index contributed by atoms with van der Waals surface area (Å²) in [5.41, 5.74) is 4.72. The van der Waals surface area contributed by atoms with E-state index in [4.69, 9.17) is 4.99 Å². The molecule has 0 spiro atoms. The average molecular weight is 266 g/mol. The average Bonchev–Trinajstić information content (AvgIpc) is 2.48. The molecule has 0 aliphatic rings. The van der Waals surface area contributed by atoms with Gasteiger partial charge in [0.05, 0.1) is 17.6 Å². The second kappa shape index (κ2) is 7.59. The van der Waals surface area contributed by atoms with Crippen LogP contribution >= 0.6 is 0 Å². The maximum atomic E-state index is 4.73. The van der Waals surface area contributed by atoms with Crippen LogP contribution < -0.4 is 0 Å². The monoisotopic (exact) mass is 266 g/mol. The minimum absolute atomic E-state index is 0.904. The van der Waals surface area contributed by atoms with Gasteiger partial charge in [-0.25, -0.2) is 0 Å². The number of pyridine rings is 1. The van der Waals surface area contributed by atoms with Gasteiger partial charge in [0.1, 0.15) is 0 Å². The molecule has 0 radical (unpaired) electrons. The first kappa shape index (κ1) is 14.4. The highest BCUT2D eigenvalue weighted by atomic mass is 14.8. The van der Waals surface area contributed by atoms with Crippen LogP contribution in [0.2, 0.25) is 0 Å². The van der Waals surface area contributed by atoms with Gasteiger partial charge < -0.3 is 0 Å². The molecule has 0 bridgehead atoms. The van der Waals surface area contributed by atoms with Crippen molar-refractivity contribution in [3.8, 4) is 0 Å². The highest BCUT2D eigenvalue weighted by Crippen LogP contribution is 2.27. The lowest BCUT2D eigenvalue weighted by Gasteiger charge is -2.10. The zero-order valence-electron chi connectivity index (χ0n) is 12.3. The second-order valence-corrected chi connectivity index (χ2v) is 4.94. The Kier molecular flexibility index (Phi) is 5.48. The molecule has 2 nitrogen and oxygen atoms in total. The van der Waals surface area contributed by atoms with Crippen LogP contribution in [0, 0.1) is 0 Å². The van der Waals surface area contributed by atoms with E-state index in [0.29, 0.717) is 0 Å². The summed E-state index contributed by atoms with van der Waals surface area (Å²) in [5.74, 6) is 0. The number of rotatable bonds is 6. The number of nitrogens with zero attached hydrogens (tertiary/aromatic N) is 2. The van der Waals surface area contributed by atoms with E-state index in [1.54, 1.807) is 6.20 Å². The van der Waals surface area contributed by atoms with Crippen LogP contribution in [0.15, 0.2) is 47.6 Å². The number of benzene rings is 1. The van der Waals surface area contributed by atoms with Crippen molar-refractivity contribution in [2.24, 2.45) is 4.99 Å². The number of hydrogen-bond donors (Lipinski definition) is 0. The van der Waals surface area contributed by atoms with Crippen LogP contribution in [0.1, 0.15) is 43.5 Å². The Hall–Kier alpha value is -1.96. The van der Waals surface area contributed by atoms with E-state index in [1.807, 2.05) is 24.4 Å². The smallest absolute Gasteiger partial charge is 0.0812 e. The van der Waals surface area contributed by atoms with E-state index in [0.717, 1.165) is 37.1 Å². The summed E-state index contributed by atoms with van der Waals surface area (Å²) in [6.07, 6.45) is 8.10. The molecule has 1 aromatic carbocycles. The van der Waals surface area contributed by atoms with Gasteiger partial charge in [-0.1, -0.05) is 51.0 Å². The van der Waals surface area contributed by atoms with Gasteiger partial charge in [0.2, 0.25) is 0 Å². The Bertz CT molecular complexity index is 535. The third kappa shape index (κ3) is 3.77. The van der Waals surface area contributed by atoms with Gasteiger partial charge in [0.25, 0.3) is 0 Å². The van der Waals surface area contributed by atoms with Crippen molar-refractivity contribution in [1.82, 2.24) is 4.98 Å². The van der Waals surface area contributed by atoms with Crippen molar-refractivity contribution < 1.29 is 0 Å². The van der Waals surface area contributed by atoms with Crippen LogP contribution in [0.3, 0.4) is 0 Å². The number of para-hydroxylation sites is 1. The van der Waals surface area contributed by atoms with Gasteiger partial charge >= 0.3 is 0 Å². The molecule has 20 heavy (non-hydrogen) atoms. The van der Waals surface area contributed by atoms with Crippen LogP contribution in [0.4, 0.5) is 5.69 Å². The Morgan fingerprint density at radius 3 is 2.20 bits per heavy atom. The number of hydrogen-bond acceptors (Lipinski definition) is 2. The molecule has 2 aromatic rings. The fraction of sp³-hybridized carbons (Fsp3) is 0.333. The molecular formula is C18H22N2. The van der Waals surface area contributed by atoms with Crippen molar-refractivity contribution in [3.63, 3.8) is 0 Å². The maximum Gasteiger partial charge on any atom is 0.0812 e. The van der Waals surface area contributed by atoms with Gasteiger partial charge in [0, 0.05) is 6.20 Å². The lowest BCUT2D eigenvalue weighted by atomic mass is 10.0. The molecule has 0 unspecified atom stereocenters. The molecule has 1 heterocycles. The molecule has 0 aliphatic heterocycles.